The minimum Gasteiger partial charge on any atom is -0.232 e. The van der Waals surface area contributed by atoms with Gasteiger partial charge < -0.3 is 0 Å². The molecule has 0 aromatic rings. The summed E-state index contributed by atoms with van der Waals surface area (Å²) in [6.07, 6.45) is 4.65. The van der Waals surface area contributed by atoms with Gasteiger partial charge in [-0.2, -0.15) is 0 Å². The minimum absolute atomic E-state index is 0.831. The van der Waals surface area contributed by atoms with E-state index in [1.807, 2.05) is 19.4 Å². The van der Waals surface area contributed by atoms with Crippen LogP contribution in [0.2, 0.25) is 0 Å². The zero-order valence-corrected chi connectivity index (χ0v) is 8.87. The molecule has 0 atom stereocenters. The first-order valence-electron chi connectivity index (χ1n) is 3.23. The molecule has 0 aromatic heterocycles. The average molecular weight is 233 g/mol. The fourth-order valence-corrected chi connectivity index (χ4v) is 1.66. The van der Waals surface area contributed by atoms with Crippen LogP contribution in [0, 0.1) is 0 Å². The second-order valence-electron chi connectivity index (χ2n) is 2.22. The van der Waals surface area contributed by atoms with Crippen molar-refractivity contribution in [3.8, 4) is 0 Å². The largest absolute Gasteiger partial charge is 0.232 e. The van der Waals surface area contributed by atoms with E-state index in [1.54, 1.807) is 11.8 Å². The van der Waals surface area contributed by atoms with Crippen molar-refractivity contribution in [2.75, 3.05) is 6.26 Å². The number of rotatable bonds is 0. The Bertz CT molecular complexity index is 243. The summed E-state index contributed by atoms with van der Waals surface area (Å²) in [4.78, 5) is 8.45. The van der Waals surface area contributed by atoms with Crippen LogP contribution in [0.1, 0.15) is 13.3 Å². The van der Waals surface area contributed by atoms with Crippen LogP contribution in [0.5, 0.6) is 0 Å². The first-order chi connectivity index (χ1) is 5.22. The standard InChI is InChI=1S/C7H9BrN2S/c1-5-3-6(8)4-9-7(10-5)11-2/h4H,3H2,1-2H3. The number of thioether (sulfide) groups is 1. The van der Waals surface area contributed by atoms with Gasteiger partial charge in [0, 0.05) is 22.8 Å². The molecule has 0 aliphatic carbocycles. The number of halogens is 1. The van der Waals surface area contributed by atoms with E-state index in [2.05, 4.69) is 25.9 Å². The Morgan fingerprint density at radius 1 is 1.64 bits per heavy atom. The van der Waals surface area contributed by atoms with Crippen molar-refractivity contribution in [1.29, 1.82) is 0 Å². The third-order valence-corrected chi connectivity index (χ3v) is 2.26. The van der Waals surface area contributed by atoms with Crippen LogP contribution < -0.4 is 0 Å². The van der Waals surface area contributed by atoms with Gasteiger partial charge in [0.15, 0.2) is 5.17 Å². The summed E-state index contributed by atoms with van der Waals surface area (Å²) in [5, 5.41) is 0.831. The summed E-state index contributed by atoms with van der Waals surface area (Å²) >= 11 is 4.96. The van der Waals surface area contributed by atoms with Crippen LogP contribution in [-0.4, -0.2) is 17.1 Å². The van der Waals surface area contributed by atoms with E-state index >= 15 is 0 Å². The highest BCUT2D eigenvalue weighted by atomic mass is 79.9. The van der Waals surface area contributed by atoms with Crippen LogP contribution in [0.4, 0.5) is 0 Å². The van der Waals surface area contributed by atoms with Gasteiger partial charge in [-0.05, 0) is 13.2 Å². The lowest BCUT2D eigenvalue weighted by Gasteiger charge is -1.94. The number of nitrogens with zero attached hydrogens (tertiary/aromatic N) is 2. The number of aliphatic imine (C=N–C) groups is 2. The lowest BCUT2D eigenvalue weighted by atomic mass is 10.3. The molecule has 0 spiro atoms. The van der Waals surface area contributed by atoms with Crippen LogP contribution in [-0.2, 0) is 0 Å². The molecule has 0 unspecified atom stereocenters. The molecule has 0 saturated heterocycles. The molecule has 1 aliphatic heterocycles. The maximum absolute atomic E-state index is 4.29. The van der Waals surface area contributed by atoms with Crippen LogP contribution in [0.25, 0.3) is 0 Å². The molecule has 60 valence electrons. The van der Waals surface area contributed by atoms with Gasteiger partial charge >= 0.3 is 0 Å². The van der Waals surface area contributed by atoms with Crippen LogP contribution in [0.3, 0.4) is 0 Å². The molecule has 4 heteroatoms. The average Bonchev–Trinajstić information content (AvgIpc) is 2.11. The summed E-state index contributed by atoms with van der Waals surface area (Å²) in [5.41, 5.74) is 1.10. The van der Waals surface area contributed by atoms with E-state index in [4.69, 9.17) is 0 Å². The van der Waals surface area contributed by atoms with Crippen molar-refractivity contribution in [3.63, 3.8) is 0 Å². The molecule has 0 fully saturated rings. The second-order valence-corrected chi connectivity index (χ2v) is 4.01. The molecule has 0 radical (unpaired) electrons. The highest BCUT2D eigenvalue weighted by molar-refractivity contribution is 9.11. The molecule has 0 bridgehead atoms. The molecule has 11 heavy (non-hydrogen) atoms. The molecule has 0 amide bonds. The third-order valence-electron chi connectivity index (χ3n) is 1.21. The molecule has 0 saturated carbocycles. The van der Waals surface area contributed by atoms with Crippen molar-refractivity contribution in [3.05, 3.63) is 10.7 Å². The smallest absolute Gasteiger partial charge is 0.187 e. The Morgan fingerprint density at radius 2 is 2.36 bits per heavy atom. The lowest BCUT2D eigenvalue weighted by molar-refractivity contribution is 1.40. The van der Waals surface area contributed by atoms with Crippen molar-refractivity contribution in [1.82, 2.24) is 0 Å². The number of amidine groups is 1. The first kappa shape index (κ1) is 9.00. The van der Waals surface area contributed by atoms with E-state index in [0.29, 0.717) is 0 Å². The number of hydrogen-bond donors (Lipinski definition) is 0. The van der Waals surface area contributed by atoms with Crippen molar-refractivity contribution >= 4 is 38.6 Å². The van der Waals surface area contributed by atoms with E-state index in [9.17, 15) is 0 Å². The molecule has 1 heterocycles. The van der Waals surface area contributed by atoms with Gasteiger partial charge in [-0.3, -0.25) is 0 Å². The monoisotopic (exact) mass is 232 g/mol. The van der Waals surface area contributed by atoms with Gasteiger partial charge in [-0.15, -0.1) is 0 Å². The number of allylic oxidation sites excluding steroid dienone is 1. The maximum Gasteiger partial charge on any atom is 0.187 e. The van der Waals surface area contributed by atoms with Crippen molar-refractivity contribution in [2.45, 2.75) is 13.3 Å². The molecule has 1 rings (SSSR count). The van der Waals surface area contributed by atoms with Gasteiger partial charge in [-0.1, -0.05) is 27.7 Å². The fraction of sp³-hybridized carbons (Fsp3) is 0.429. The van der Waals surface area contributed by atoms with Crippen molar-refractivity contribution < 1.29 is 0 Å². The summed E-state index contributed by atoms with van der Waals surface area (Å²) in [7, 11) is 0. The molecular formula is C7H9BrN2S. The van der Waals surface area contributed by atoms with E-state index in [1.165, 1.54) is 0 Å². The number of hydrogen-bond acceptors (Lipinski definition) is 3. The Morgan fingerprint density at radius 3 is 3.00 bits per heavy atom. The highest BCUT2D eigenvalue weighted by Crippen LogP contribution is 2.16. The summed E-state index contributed by atoms with van der Waals surface area (Å²) in [6.45, 7) is 2.01. The SMILES string of the molecule is CSC1=NC=C(Br)CC(C)=N1. The topological polar surface area (TPSA) is 24.7 Å². The Hall–Kier alpha value is -0.0900. The van der Waals surface area contributed by atoms with E-state index in [-0.39, 0.29) is 0 Å². The molecule has 0 N–H and O–H groups in total. The Balaban J connectivity index is 2.88. The predicted molar refractivity (Wildman–Crippen MR) is 55.7 cm³/mol. The van der Waals surface area contributed by atoms with Crippen LogP contribution in [0.15, 0.2) is 20.7 Å². The first-order valence-corrected chi connectivity index (χ1v) is 5.24. The zero-order chi connectivity index (χ0) is 8.27. The van der Waals surface area contributed by atoms with Gasteiger partial charge in [0.05, 0.1) is 0 Å². The predicted octanol–water partition coefficient (Wildman–Crippen LogP) is 2.81. The summed E-state index contributed by atoms with van der Waals surface area (Å²) in [6, 6.07) is 0. The molecule has 2 nitrogen and oxygen atoms in total. The van der Waals surface area contributed by atoms with E-state index < -0.39 is 0 Å². The Kier molecular flexibility index (Phi) is 3.33. The minimum atomic E-state index is 0.831. The van der Waals surface area contributed by atoms with Gasteiger partial charge in [0.1, 0.15) is 0 Å². The van der Waals surface area contributed by atoms with Gasteiger partial charge in [0.2, 0.25) is 0 Å². The zero-order valence-electron chi connectivity index (χ0n) is 6.47. The lowest BCUT2D eigenvalue weighted by Crippen LogP contribution is -1.93. The van der Waals surface area contributed by atoms with Gasteiger partial charge in [0.25, 0.3) is 0 Å². The Labute approximate surface area is 79.0 Å². The van der Waals surface area contributed by atoms with E-state index in [0.717, 1.165) is 21.8 Å². The maximum atomic E-state index is 4.29. The molecular weight excluding hydrogens is 224 g/mol. The second kappa shape index (κ2) is 4.07. The third kappa shape index (κ3) is 2.79. The summed E-state index contributed by atoms with van der Waals surface area (Å²) in [5.74, 6) is 0. The van der Waals surface area contributed by atoms with Crippen molar-refractivity contribution in [2.24, 2.45) is 9.98 Å². The summed E-state index contributed by atoms with van der Waals surface area (Å²) < 4.78 is 1.09. The highest BCUT2D eigenvalue weighted by Gasteiger charge is 2.02. The quantitative estimate of drug-likeness (QED) is 0.631. The normalized spacial score (nSPS) is 18.3. The van der Waals surface area contributed by atoms with Gasteiger partial charge in [-0.25, -0.2) is 9.98 Å². The molecule has 1 aliphatic rings. The molecule has 0 aromatic carbocycles. The fourth-order valence-electron chi connectivity index (χ4n) is 0.745. The van der Waals surface area contributed by atoms with Crippen LogP contribution >= 0.6 is 27.7 Å².